The first-order valence-corrected chi connectivity index (χ1v) is 9.86. The van der Waals surface area contributed by atoms with Crippen LogP contribution in [0.5, 0.6) is 0 Å². The Balaban J connectivity index is 1.97. The number of benzene rings is 1. The van der Waals surface area contributed by atoms with Crippen molar-refractivity contribution in [3.05, 3.63) is 58.7 Å². The molecular formula is C22H28FN5O. The lowest BCUT2D eigenvalue weighted by atomic mass is 10.0. The van der Waals surface area contributed by atoms with Gasteiger partial charge in [0, 0.05) is 12.2 Å². The van der Waals surface area contributed by atoms with Gasteiger partial charge in [-0.15, -0.1) is 0 Å². The van der Waals surface area contributed by atoms with E-state index >= 15 is 0 Å². The summed E-state index contributed by atoms with van der Waals surface area (Å²) in [5.74, 6) is -0.465. The van der Waals surface area contributed by atoms with Crippen LogP contribution < -0.4 is 5.32 Å². The Kier molecular flexibility index (Phi) is 6.27. The van der Waals surface area contributed by atoms with Gasteiger partial charge >= 0.3 is 0 Å². The van der Waals surface area contributed by atoms with Gasteiger partial charge in [-0.2, -0.15) is 5.10 Å². The van der Waals surface area contributed by atoms with Gasteiger partial charge in [-0.3, -0.25) is 4.79 Å². The van der Waals surface area contributed by atoms with Crippen LogP contribution in [-0.2, 0) is 6.54 Å². The number of nitrogens with one attached hydrogen (secondary N) is 1. The summed E-state index contributed by atoms with van der Waals surface area (Å²) in [6.07, 6.45) is 0.713. The van der Waals surface area contributed by atoms with Gasteiger partial charge in [0.2, 0.25) is 0 Å². The lowest BCUT2D eigenvalue weighted by Crippen LogP contribution is -2.31. The SMILES string of the molecule is CCn1nc(C)c2c(C(=O)NC(CCN(C)C)c3ccc(F)cc3)cc(C)nc21. The number of carbonyl (C=O) groups is 1. The number of hydrogen-bond donors (Lipinski definition) is 1. The number of amides is 1. The van der Waals surface area contributed by atoms with Crippen LogP contribution in [0.15, 0.2) is 30.3 Å². The molecule has 0 aliphatic heterocycles. The summed E-state index contributed by atoms with van der Waals surface area (Å²) in [4.78, 5) is 19.9. The van der Waals surface area contributed by atoms with Crippen molar-refractivity contribution in [1.29, 1.82) is 0 Å². The second-order valence-corrected chi connectivity index (χ2v) is 7.58. The van der Waals surface area contributed by atoms with Crippen LogP contribution in [-0.4, -0.2) is 46.2 Å². The van der Waals surface area contributed by atoms with Crippen molar-refractivity contribution in [3.8, 4) is 0 Å². The van der Waals surface area contributed by atoms with Gasteiger partial charge in [-0.05, 0) is 71.6 Å². The maximum absolute atomic E-state index is 13.4. The Morgan fingerprint density at radius 1 is 1.24 bits per heavy atom. The zero-order valence-electron chi connectivity index (χ0n) is 17.7. The Morgan fingerprint density at radius 3 is 2.55 bits per heavy atom. The van der Waals surface area contributed by atoms with Gasteiger partial charge in [-0.25, -0.2) is 14.1 Å². The molecule has 0 fully saturated rings. The van der Waals surface area contributed by atoms with E-state index in [4.69, 9.17) is 0 Å². The number of hydrogen-bond acceptors (Lipinski definition) is 4. The molecule has 2 heterocycles. The number of aryl methyl sites for hydroxylation is 3. The second-order valence-electron chi connectivity index (χ2n) is 7.58. The first-order chi connectivity index (χ1) is 13.8. The van der Waals surface area contributed by atoms with Crippen LogP contribution in [0.4, 0.5) is 4.39 Å². The third kappa shape index (κ3) is 4.62. The molecule has 3 rings (SSSR count). The highest BCUT2D eigenvalue weighted by Gasteiger charge is 2.21. The fourth-order valence-corrected chi connectivity index (χ4v) is 3.52. The third-order valence-electron chi connectivity index (χ3n) is 4.99. The summed E-state index contributed by atoms with van der Waals surface area (Å²) in [6.45, 7) is 7.25. The minimum Gasteiger partial charge on any atom is -0.345 e. The fourth-order valence-electron chi connectivity index (χ4n) is 3.52. The van der Waals surface area contributed by atoms with Crippen LogP contribution in [0, 0.1) is 19.7 Å². The van der Waals surface area contributed by atoms with Gasteiger partial charge < -0.3 is 10.2 Å². The van der Waals surface area contributed by atoms with Crippen LogP contribution in [0.3, 0.4) is 0 Å². The molecule has 1 unspecified atom stereocenters. The molecule has 0 radical (unpaired) electrons. The molecule has 1 atom stereocenters. The van der Waals surface area contributed by atoms with Crippen LogP contribution >= 0.6 is 0 Å². The number of fused-ring (bicyclic) bond motifs is 1. The Labute approximate surface area is 170 Å². The Bertz CT molecular complexity index is 1010. The van der Waals surface area contributed by atoms with Crippen molar-refractivity contribution in [2.45, 2.75) is 39.8 Å². The Hall–Kier alpha value is -2.80. The number of rotatable bonds is 7. The number of halogens is 1. The van der Waals surface area contributed by atoms with Crippen molar-refractivity contribution in [3.63, 3.8) is 0 Å². The molecule has 0 aliphatic carbocycles. The summed E-state index contributed by atoms with van der Waals surface area (Å²) < 4.78 is 15.2. The van der Waals surface area contributed by atoms with Crippen LogP contribution in [0.25, 0.3) is 11.0 Å². The smallest absolute Gasteiger partial charge is 0.252 e. The average Bonchev–Trinajstić information content (AvgIpc) is 3.00. The molecule has 1 N–H and O–H groups in total. The van der Waals surface area contributed by atoms with Crippen molar-refractivity contribution in [2.75, 3.05) is 20.6 Å². The lowest BCUT2D eigenvalue weighted by Gasteiger charge is -2.22. The average molecular weight is 397 g/mol. The molecule has 1 aromatic carbocycles. The van der Waals surface area contributed by atoms with E-state index in [9.17, 15) is 9.18 Å². The predicted molar refractivity (Wildman–Crippen MR) is 112 cm³/mol. The fraction of sp³-hybridized carbons (Fsp3) is 0.409. The van der Waals surface area contributed by atoms with Gasteiger partial charge in [0.25, 0.3) is 5.91 Å². The normalized spacial score (nSPS) is 12.5. The minimum atomic E-state index is -0.291. The van der Waals surface area contributed by atoms with E-state index in [2.05, 4.69) is 20.3 Å². The summed E-state index contributed by atoms with van der Waals surface area (Å²) >= 11 is 0. The topological polar surface area (TPSA) is 63.1 Å². The van der Waals surface area contributed by atoms with Gasteiger partial charge in [0.05, 0.1) is 22.7 Å². The van der Waals surface area contributed by atoms with E-state index in [0.717, 1.165) is 34.5 Å². The van der Waals surface area contributed by atoms with Crippen molar-refractivity contribution in [2.24, 2.45) is 0 Å². The monoisotopic (exact) mass is 397 g/mol. The lowest BCUT2D eigenvalue weighted by molar-refractivity contribution is 0.0934. The minimum absolute atomic E-state index is 0.174. The summed E-state index contributed by atoms with van der Waals surface area (Å²) in [5.41, 5.74) is 3.73. The Morgan fingerprint density at radius 2 is 1.93 bits per heavy atom. The summed E-state index contributed by atoms with van der Waals surface area (Å²) in [6, 6.07) is 7.88. The zero-order chi connectivity index (χ0) is 21.1. The highest BCUT2D eigenvalue weighted by Crippen LogP contribution is 2.24. The molecule has 1 amide bonds. The van der Waals surface area contributed by atoms with E-state index in [0.29, 0.717) is 18.5 Å². The third-order valence-corrected chi connectivity index (χ3v) is 4.99. The summed E-state index contributed by atoms with van der Waals surface area (Å²) in [7, 11) is 3.98. The van der Waals surface area contributed by atoms with Crippen molar-refractivity contribution < 1.29 is 9.18 Å². The van der Waals surface area contributed by atoms with E-state index in [-0.39, 0.29) is 17.8 Å². The highest BCUT2D eigenvalue weighted by atomic mass is 19.1. The second kappa shape index (κ2) is 8.69. The van der Waals surface area contributed by atoms with E-state index in [1.165, 1.54) is 12.1 Å². The molecule has 29 heavy (non-hydrogen) atoms. The molecule has 2 aromatic heterocycles. The van der Waals surface area contributed by atoms with Crippen molar-refractivity contribution in [1.82, 2.24) is 25.0 Å². The van der Waals surface area contributed by atoms with Gasteiger partial charge in [0.1, 0.15) is 5.82 Å². The molecule has 0 spiro atoms. The predicted octanol–water partition coefficient (Wildman–Crippen LogP) is 3.63. The molecule has 7 heteroatoms. The molecule has 0 aliphatic rings. The van der Waals surface area contributed by atoms with Crippen LogP contribution in [0.2, 0.25) is 0 Å². The summed E-state index contributed by atoms with van der Waals surface area (Å²) in [5, 5.41) is 8.45. The highest BCUT2D eigenvalue weighted by molar-refractivity contribution is 6.06. The van der Waals surface area contributed by atoms with E-state index in [1.807, 2.05) is 39.5 Å². The molecular weight excluding hydrogens is 369 g/mol. The number of pyridine rings is 1. The number of aromatic nitrogens is 3. The molecule has 6 nitrogen and oxygen atoms in total. The van der Waals surface area contributed by atoms with E-state index in [1.54, 1.807) is 18.2 Å². The zero-order valence-corrected chi connectivity index (χ0v) is 17.7. The molecule has 0 saturated carbocycles. The molecule has 154 valence electrons. The maximum Gasteiger partial charge on any atom is 0.252 e. The van der Waals surface area contributed by atoms with Crippen molar-refractivity contribution >= 4 is 16.9 Å². The maximum atomic E-state index is 13.4. The largest absolute Gasteiger partial charge is 0.345 e. The standard InChI is InChI=1S/C22H28FN5O/c1-6-28-21-20(15(3)26-28)18(13-14(2)24-21)22(29)25-19(11-12-27(4)5)16-7-9-17(23)10-8-16/h7-10,13,19H,6,11-12H2,1-5H3,(H,25,29). The van der Waals surface area contributed by atoms with Gasteiger partial charge in [0.15, 0.2) is 5.65 Å². The molecule has 3 aromatic rings. The molecule has 0 saturated heterocycles. The number of nitrogens with zero attached hydrogens (tertiary/aromatic N) is 4. The number of carbonyl (C=O) groups excluding carboxylic acids is 1. The quantitative estimate of drug-likeness (QED) is 0.661. The first kappa shape index (κ1) is 20.9. The molecule has 0 bridgehead atoms. The van der Waals surface area contributed by atoms with E-state index < -0.39 is 0 Å². The van der Waals surface area contributed by atoms with Gasteiger partial charge in [-0.1, -0.05) is 12.1 Å². The van der Waals surface area contributed by atoms with Crippen LogP contribution in [0.1, 0.15) is 46.7 Å². The first-order valence-electron chi connectivity index (χ1n) is 9.86.